The minimum absolute atomic E-state index is 0.113. The molecule has 0 bridgehead atoms. The van der Waals surface area contributed by atoms with Crippen molar-refractivity contribution in [2.45, 2.75) is 20.4 Å². The number of rotatable bonds is 6. The van der Waals surface area contributed by atoms with Gasteiger partial charge in [-0.3, -0.25) is 4.68 Å². The van der Waals surface area contributed by atoms with Gasteiger partial charge < -0.3 is 10.4 Å². The van der Waals surface area contributed by atoms with Crippen LogP contribution in [0.15, 0.2) is 42.7 Å². The third kappa shape index (κ3) is 4.10. The summed E-state index contributed by atoms with van der Waals surface area (Å²) in [6.07, 6.45) is 3.74. The lowest BCUT2D eigenvalue weighted by atomic mass is 9.95. The molecule has 2 aromatic rings. The number of anilines is 1. The van der Waals surface area contributed by atoms with Crippen molar-refractivity contribution in [2.24, 2.45) is 5.41 Å². The van der Waals surface area contributed by atoms with Crippen molar-refractivity contribution in [1.29, 1.82) is 0 Å². The molecule has 0 amide bonds. The molecule has 0 aliphatic rings. The lowest BCUT2D eigenvalue weighted by molar-refractivity contribution is 0.171. The van der Waals surface area contributed by atoms with Crippen molar-refractivity contribution in [2.75, 3.05) is 18.5 Å². The minimum Gasteiger partial charge on any atom is -0.396 e. The van der Waals surface area contributed by atoms with Crippen LogP contribution in [0.1, 0.15) is 19.4 Å². The quantitative estimate of drug-likeness (QED) is 0.837. The molecular weight excluding hydrogens is 238 g/mol. The number of aliphatic hydroxyl groups is 1. The van der Waals surface area contributed by atoms with Crippen molar-refractivity contribution < 1.29 is 5.11 Å². The van der Waals surface area contributed by atoms with Crippen LogP contribution < -0.4 is 5.32 Å². The Morgan fingerprint density at radius 1 is 1.32 bits per heavy atom. The molecule has 0 spiro atoms. The van der Waals surface area contributed by atoms with E-state index in [2.05, 4.69) is 22.5 Å². The molecule has 1 aromatic heterocycles. The molecule has 4 nitrogen and oxygen atoms in total. The Labute approximate surface area is 114 Å². The van der Waals surface area contributed by atoms with Crippen LogP contribution in [0.5, 0.6) is 0 Å². The topological polar surface area (TPSA) is 50.1 Å². The molecule has 1 aromatic carbocycles. The lowest BCUT2D eigenvalue weighted by Crippen LogP contribution is -2.26. The van der Waals surface area contributed by atoms with Gasteiger partial charge in [0.1, 0.15) is 0 Å². The summed E-state index contributed by atoms with van der Waals surface area (Å²) in [4.78, 5) is 0. The largest absolute Gasteiger partial charge is 0.396 e. The normalized spacial score (nSPS) is 11.5. The molecule has 0 aliphatic carbocycles. The van der Waals surface area contributed by atoms with Crippen LogP contribution in [-0.2, 0) is 6.54 Å². The molecular formula is C15H21N3O. The van der Waals surface area contributed by atoms with Crippen LogP contribution in [-0.4, -0.2) is 28.0 Å². The fourth-order valence-electron chi connectivity index (χ4n) is 1.76. The summed E-state index contributed by atoms with van der Waals surface area (Å²) in [6.45, 7) is 5.76. The third-order valence-corrected chi connectivity index (χ3v) is 3.03. The first kappa shape index (κ1) is 13.6. The Morgan fingerprint density at radius 2 is 2.16 bits per heavy atom. The van der Waals surface area contributed by atoms with Gasteiger partial charge in [-0.25, -0.2) is 0 Å². The number of aromatic nitrogens is 2. The third-order valence-electron chi connectivity index (χ3n) is 3.03. The first-order chi connectivity index (χ1) is 9.09. The van der Waals surface area contributed by atoms with Crippen LogP contribution in [0.4, 0.5) is 5.69 Å². The molecule has 2 rings (SSSR count). The van der Waals surface area contributed by atoms with Crippen LogP contribution in [0, 0.1) is 5.41 Å². The maximum atomic E-state index is 9.25. The standard InChI is InChI=1S/C15H21N3O/c1-15(2,12-19)11-16-14-6-3-5-13(9-14)10-18-8-4-7-17-18/h3-9,16,19H,10-12H2,1-2H3. The molecule has 0 saturated carbocycles. The molecule has 0 saturated heterocycles. The fourth-order valence-corrected chi connectivity index (χ4v) is 1.76. The Kier molecular flexibility index (Phi) is 4.22. The van der Waals surface area contributed by atoms with Crippen molar-refractivity contribution in [3.8, 4) is 0 Å². The predicted octanol–water partition coefficient (Wildman–Crippen LogP) is 2.36. The molecule has 0 radical (unpaired) electrons. The van der Waals surface area contributed by atoms with Gasteiger partial charge in [0.25, 0.3) is 0 Å². The first-order valence-corrected chi connectivity index (χ1v) is 6.50. The first-order valence-electron chi connectivity index (χ1n) is 6.50. The van der Waals surface area contributed by atoms with Crippen molar-refractivity contribution in [1.82, 2.24) is 9.78 Å². The highest BCUT2D eigenvalue weighted by Gasteiger charge is 2.15. The van der Waals surface area contributed by atoms with E-state index in [4.69, 9.17) is 0 Å². The summed E-state index contributed by atoms with van der Waals surface area (Å²) in [5.41, 5.74) is 2.17. The maximum Gasteiger partial charge on any atom is 0.0660 e. The van der Waals surface area contributed by atoms with E-state index in [1.165, 1.54) is 5.56 Å². The Hall–Kier alpha value is -1.81. The van der Waals surface area contributed by atoms with E-state index in [-0.39, 0.29) is 12.0 Å². The van der Waals surface area contributed by atoms with E-state index in [9.17, 15) is 5.11 Å². The molecule has 4 heteroatoms. The predicted molar refractivity (Wildman–Crippen MR) is 77.1 cm³/mol. The average Bonchev–Trinajstić information content (AvgIpc) is 2.90. The Balaban J connectivity index is 1.99. The van der Waals surface area contributed by atoms with Crippen LogP contribution >= 0.6 is 0 Å². The van der Waals surface area contributed by atoms with Gasteiger partial charge in [0, 0.05) is 36.6 Å². The van der Waals surface area contributed by atoms with Gasteiger partial charge in [0.05, 0.1) is 6.54 Å². The van der Waals surface area contributed by atoms with Gasteiger partial charge in [-0.2, -0.15) is 5.10 Å². The number of benzene rings is 1. The SMILES string of the molecule is CC(C)(CO)CNc1cccc(Cn2cccn2)c1. The van der Waals surface area contributed by atoms with Crippen LogP contribution in [0.3, 0.4) is 0 Å². The van der Waals surface area contributed by atoms with E-state index in [0.717, 1.165) is 18.8 Å². The van der Waals surface area contributed by atoms with Gasteiger partial charge in [0.15, 0.2) is 0 Å². The van der Waals surface area contributed by atoms with E-state index in [0.29, 0.717) is 0 Å². The highest BCUT2D eigenvalue weighted by Crippen LogP contribution is 2.17. The maximum absolute atomic E-state index is 9.25. The molecule has 2 N–H and O–H groups in total. The second kappa shape index (κ2) is 5.89. The van der Waals surface area contributed by atoms with Gasteiger partial charge in [-0.05, 0) is 23.8 Å². The molecule has 0 unspecified atom stereocenters. The summed E-state index contributed by atoms with van der Waals surface area (Å²) < 4.78 is 1.90. The number of hydrogen-bond acceptors (Lipinski definition) is 3. The number of hydrogen-bond donors (Lipinski definition) is 2. The number of aliphatic hydroxyl groups excluding tert-OH is 1. The minimum atomic E-state index is -0.113. The zero-order valence-electron chi connectivity index (χ0n) is 11.5. The lowest BCUT2D eigenvalue weighted by Gasteiger charge is -2.22. The van der Waals surface area contributed by atoms with E-state index < -0.39 is 0 Å². The smallest absolute Gasteiger partial charge is 0.0660 e. The molecule has 19 heavy (non-hydrogen) atoms. The molecule has 0 atom stereocenters. The molecule has 102 valence electrons. The number of nitrogens with zero attached hydrogens (tertiary/aromatic N) is 2. The highest BCUT2D eigenvalue weighted by molar-refractivity contribution is 5.45. The van der Waals surface area contributed by atoms with E-state index in [1.54, 1.807) is 6.20 Å². The van der Waals surface area contributed by atoms with Crippen LogP contribution in [0.2, 0.25) is 0 Å². The van der Waals surface area contributed by atoms with Crippen molar-refractivity contribution >= 4 is 5.69 Å². The summed E-state index contributed by atoms with van der Waals surface area (Å²) in [7, 11) is 0. The zero-order chi connectivity index (χ0) is 13.7. The van der Waals surface area contributed by atoms with Crippen molar-refractivity contribution in [3.63, 3.8) is 0 Å². The second-order valence-corrected chi connectivity index (χ2v) is 5.58. The van der Waals surface area contributed by atoms with Crippen molar-refractivity contribution in [3.05, 3.63) is 48.3 Å². The average molecular weight is 259 g/mol. The molecule has 1 heterocycles. The zero-order valence-corrected chi connectivity index (χ0v) is 11.5. The van der Waals surface area contributed by atoms with Crippen LogP contribution in [0.25, 0.3) is 0 Å². The van der Waals surface area contributed by atoms with Gasteiger partial charge in [0.2, 0.25) is 0 Å². The Bertz CT molecular complexity index is 506. The summed E-state index contributed by atoms with van der Waals surface area (Å²) in [5, 5.41) is 16.8. The Morgan fingerprint density at radius 3 is 2.84 bits per heavy atom. The number of nitrogens with one attached hydrogen (secondary N) is 1. The second-order valence-electron chi connectivity index (χ2n) is 5.58. The van der Waals surface area contributed by atoms with E-state index in [1.807, 2.05) is 42.9 Å². The summed E-state index contributed by atoms with van der Waals surface area (Å²) >= 11 is 0. The summed E-state index contributed by atoms with van der Waals surface area (Å²) in [5.74, 6) is 0. The fraction of sp³-hybridized carbons (Fsp3) is 0.400. The highest BCUT2D eigenvalue weighted by atomic mass is 16.3. The monoisotopic (exact) mass is 259 g/mol. The molecule has 0 aliphatic heterocycles. The van der Waals surface area contributed by atoms with Gasteiger partial charge >= 0.3 is 0 Å². The van der Waals surface area contributed by atoms with Gasteiger partial charge in [-0.15, -0.1) is 0 Å². The summed E-state index contributed by atoms with van der Waals surface area (Å²) in [6, 6.07) is 10.2. The molecule has 0 fully saturated rings. The van der Waals surface area contributed by atoms with Gasteiger partial charge in [-0.1, -0.05) is 26.0 Å². The van der Waals surface area contributed by atoms with E-state index >= 15 is 0 Å².